The van der Waals surface area contributed by atoms with Crippen molar-refractivity contribution in [3.05, 3.63) is 18.2 Å². The van der Waals surface area contributed by atoms with Gasteiger partial charge in [0.05, 0.1) is 13.7 Å². The minimum Gasteiger partial charge on any atom is -0.467 e. The van der Waals surface area contributed by atoms with Gasteiger partial charge in [0.2, 0.25) is 11.9 Å². The minimum atomic E-state index is 0.297. The SMILES string of the molecule is CCCNc1nc(OC)nc(N(C)Cc2nccn2C)n1. The standard InChI is InChI=1S/C13H21N7O/c1-5-6-15-11-16-12(18-13(17-11)21-4)20(3)9-10-14-7-8-19(10)2/h7-8H,5-6,9H2,1-4H3,(H,15,16,17,18). The normalized spacial score (nSPS) is 10.5. The number of aromatic nitrogens is 5. The number of hydrogen-bond acceptors (Lipinski definition) is 7. The van der Waals surface area contributed by atoms with E-state index in [1.165, 1.54) is 0 Å². The summed E-state index contributed by atoms with van der Waals surface area (Å²) < 4.78 is 7.10. The molecule has 2 heterocycles. The van der Waals surface area contributed by atoms with Gasteiger partial charge in [0.1, 0.15) is 5.82 Å². The van der Waals surface area contributed by atoms with E-state index in [4.69, 9.17) is 4.74 Å². The van der Waals surface area contributed by atoms with Crippen molar-refractivity contribution >= 4 is 11.9 Å². The first-order chi connectivity index (χ1) is 10.1. The molecular formula is C13H21N7O. The van der Waals surface area contributed by atoms with E-state index < -0.39 is 0 Å². The second kappa shape index (κ2) is 6.87. The third-order valence-corrected chi connectivity index (χ3v) is 2.96. The fraction of sp³-hybridized carbons (Fsp3) is 0.538. The van der Waals surface area contributed by atoms with Crippen LogP contribution in [0.1, 0.15) is 19.2 Å². The molecule has 2 rings (SSSR count). The second-order valence-corrected chi connectivity index (χ2v) is 4.68. The van der Waals surface area contributed by atoms with Crippen LogP contribution >= 0.6 is 0 Å². The van der Waals surface area contributed by atoms with Crippen LogP contribution in [0.5, 0.6) is 6.01 Å². The first kappa shape index (κ1) is 15.0. The summed E-state index contributed by atoms with van der Waals surface area (Å²) in [6.07, 6.45) is 4.67. The Bertz CT molecular complexity index is 584. The van der Waals surface area contributed by atoms with Crippen molar-refractivity contribution in [1.82, 2.24) is 24.5 Å². The number of ether oxygens (including phenoxy) is 1. The summed E-state index contributed by atoms with van der Waals surface area (Å²) in [5, 5.41) is 3.14. The molecule has 0 saturated carbocycles. The Kier molecular flexibility index (Phi) is 4.91. The van der Waals surface area contributed by atoms with E-state index in [0.29, 0.717) is 24.5 Å². The highest BCUT2D eigenvalue weighted by atomic mass is 16.5. The number of methoxy groups -OCH3 is 1. The van der Waals surface area contributed by atoms with Crippen LogP contribution in [0.3, 0.4) is 0 Å². The van der Waals surface area contributed by atoms with Gasteiger partial charge >= 0.3 is 6.01 Å². The van der Waals surface area contributed by atoms with Gasteiger partial charge in [0.25, 0.3) is 0 Å². The monoisotopic (exact) mass is 291 g/mol. The molecular weight excluding hydrogens is 270 g/mol. The van der Waals surface area contributed by atoms with Crippen molar-refractivity contribution in [3.8, 4) is 6.01 Å². The van der Waals surface area contributed by atoms with Crippen LogP contribution in [0.25, 0.3) is 0 Å². The number of nitrogens with one attached hydrogen (secondary N) is 1. The Balaban J connectivity index is 2.18. The van der Waals surface area contributed by atoms with E-state index in [2.05, 4.69) is 32.2 Å². The van der Waals surface area contributed by atoms with E-state index in [1.807, 2.05) is 29.8 Å². The quantitative estimate of drug-likeness (QED) is 0.817. The summed E-state index contributed by atoms with van der Waals surface area (Å²) in [5.41, 5.74) is 0. The molecule has 0 aliphatic rings. The number of anilines is 2. The van der Waals surface area contributed by atoms with Crippen LogP contribution < -0.4 is 15.0 Å². The first-order valence-corrected chi connectivity index (χ1v) is 6.85. The van der Waals surface area contributed by atoms with Crippen molar-refractivity contribution in [2.24, 2.45) is 7.05 Å². The largest absolute Gasteiger partial charge is 0.467 e. The predicted octanol–water partition coefficient (Wildman–Crippen LogP) is 1.07. The molecule has 0 fully saturated rings. The van der Waals surface area contributed by atoms with E-state index in [9.17, 15) is 0 Å². The fourth-order valence-corrected chi connectivity index (χ4v) is 1.76. The maximum Gasteiger partial charge on any atom is 0.322 e. The molecule has 114 valence electrons. The zero-order chi connectivity index (χ0) is 15.2. The molecule has 1 N–H and O–H groups in total. The van der Waals surface area contributed by atoms with E-state index >= 15 is 0 Å². The lowest BCUT2D eigenvalue weighted by molar-refractivity contribution is 0.378. The number of rotatable bonds is 7. The molecule has 0 aliphatic heterocycles. The Morgan fingerprint density at radius 2 is 2.14 bits per heavy atom. The third-order valence-electron chi connectivity index (χ3n) is 2.96. The van der Waals surface area contributed by atoms with Gasteiger partial charge in [-0.1, -0.05) is 6.92 Å². The number of aryl methyl sites for hydroxylation is 1. The maximum atomic E-state index is 5.13. The summed E-state index contributed by atoms with van der Waals surface area (Å²) in [6, 6.07) is 0.297. The van der Waals surface area contributed by atoms with E-state index in [1.54, 1.807) is 13.3 Å². The van der Waals surface area contributed by atoms with Crippen LogP contribution in [-0.2, 0) is 13.6 Å². The average molecular weight is 291 g/mol. The van der Waals surface area contributed by atoms with Crippen molar-refractivity contribution < 1.29 is 4.74 Å². The van der Waals surface area contributed by atoms with Crippen molar-refractivity contribution in [2.75, 3.05) is 30.9 Å². The molecule has 0 unspecified atom stereocenters. The summed E-state index contributed by atoms with van der Waals surface area (Å²) in [6.45, 7) is 3.49. The topological polar surface area (TPSA) is 81.0 Å². The highest BCUT2D eigenvalue weighted by Gasteiger charge is 2.12. The Labute approximate surface area is 124 Å². The second-order valence-electron chi connectivity index (χ2n) is 4.68. The first-order valence-electron chi connectivity index (χ1n) is 6.85. The summed E-state index contributed by atoms with van der Waals surface area (Å²) >= 11 is 0. The number of nitrogens with zero attached hydrogens (tertiary/aromatic N) is 6. The fourth-order valence-electron chi connectivity index (χ4n) is 1.76. The smallest absolute Gasteiger partial charge is 0.322 e. The number of hydrogen-bond donors (Lipinski definition) is 1. The molecule has 0 saturated heterocycles. The molecule has 21 heavy (non-hydrogen) atoms. The van der Waals surface area contributed by atoms with Crippen LogP contribution in [0.4, 0.5) is 11.9 Å². The Morgan fingerprint density at radius 1 is 1.33 bits per heavy atom. The molecule has 0 radical (unpaired) electrons. The molecule has 0 aromatic carbocycles. The molecule has 8 heteroatoms. The van der Waals surface area contributed by atoms with E-state index in [-0.39, 0.29) is 0 Å². The summed E-state index contributed by atoms with van der Waals surface area (Å²) in [5.74, 6) is 1.99. The highest BCUT2D eigenvalue weighted by molar-refractivity contribution is 5.37. The van der Waals surface area contributed by atoms with Gasteiger partial charge in [-0.05, 0) is 6.42 Å². The zero-order valence-corrected chi connectivity index (χ0v) is 12.9. The summed E-state index contributed by atoms with van der Waals surface area (Å²) in [4.78, 5) is 19.1. The molecule has 2 aromatic heterocycles. The van der Waals surface area contributed by atoms with Gasteiger partial charge in [-0.15, -0.1) is 0 Å². The van der Waals surface area contributed by atoms with E-state index in [0.717, 1.165) is 18.8 Å². The molecule has 0 atom stereocenters. The van der Waals surface area contributed by atoms with Gasteiger partial charge in [0.15, 0.2) is 0 Å². The van der Waals surface area contributed by atoms with Crippen LogP contribution in [0.15, 0.2) is 12.4 Å². The van der Waals surface area contributed by atoms with Crippen molar-refractivity contribution in [3.63, 3.8) is 0 Å². The maximum absolute atomic E-state index is 5.13. The highest BCUT2D eigenvalue weighted by Crippen LogP contribution is 2.15. The Morgan fingerprint density at radius 3 is 2.76 bits per heavy atom. The van der Waals surface area contributed by atoms with Gasteiger partial charge in [0, 0.05) is 33.0 Å². The van der Waals surface area contributed by atoms with Crippen molar-refractivity contribution in [1.29, 1.82) is 0 Å². The lowest BCUT2D eigenvalue weighted by Gasteiger charge is -2.17. The van der Waals surface area contributed by atoms with Crippen LogP contribution in [-0.4, -0.2) is 45.2 Å². The molecule has 8 nitrogen and oxygen atoms in total. The predicted molar refractivity (Wildman–Crippen MR) is 80.5 cm³/mol. The molecule has 2 aromatic rings. The van der Waals surface area contributed by atoms with Crippen molar-refractivity contribution in [2.45, 2.75) is 19.9 Å². The molecule has 0 amide bonds. The van der Waals surface area contributed by atoms with Gasteiger partial charge in [-0.3, -0.25) is 0 Å². The molecule has 0 spiro atoms. The van der Waals surface area contributed by atoms with Gasteiger partial charge < -0.3 is 19.5 Å². The van der Waals surface area contributed by atoms with Crippen LogP contribution in [0, 0.1) is 0 Å². The Hall–Kier alpha value is -2.38. The zero-order valence-electron chi connectivity index (χ0n) is 12.9. The number of imidazole rings is 1. The van der Waals surface area contributed by atoms with Gasteiger partial charge in [-0.25, -0.2) is 4.98 Å². The molecule has 0 bridgehead atoms. The minimum absolute atomic E-state index is 0.297. The molecule has 0 aliphatic carbocycles. The lowest BCUT2D eigenvalue weighted by atomic mass is 10.5. The van der Waals surface area contributed by atoms with Crippen LogP contribution in [0.2, 0.25) is 0 Å². The lowest BCUT2D eigenvalue weighted by Crippen LogP contribution is -2.22. The third kappa shape index (κ3) is 3.80. The van der Waals surface area contributed by atoms with Gasteiger partial charge in [-0.2, -0.15) is 15.0 Å². The average Bonchev–Trinajstić information content (AvgIpc) is 2.90. The summed E-state index contributed by atoms with van der Waals surface area (Å²) in [7, 11) is 5.41.